The molecule has 0 spiro atoms. The molecule has 0 radical (unpaired) electrons. The smallest absolute Gasteiger partial charge is 0.237 e. The summed E-state index contributed by atoms with van der Waals surface area (Å²) in [6.07, 6.45) is 1.19. The monoisotopic (exact) mass is 331 g/mol. The topological polar surface area (TPSA) is 52.7 Å². The minimum atomic E-state index is -0.378. The van der Waals surface area contributed by atoms with Gasteiger partial charge in [0.15, 0.2) is 0 Å². The highest BCUT2D eigenvalue weighted by molar-refractivity contribution is 5.88. The summed E-state index contributed by atoms with van der Waals surface area (Å²) in [4.78, 5) is 28.9. The lowest BCUT2D eigenvalue weighted by Crippen LogP contribution is -2.56. The van der Waals surface area contributed by atoms with Crippen molar-refractivity contribution in [2.45, 2.75) is 46.2 Å². The molecule has 1 fully saturated rings. The second-order valence-corrected chi connectivity index (χ2v) is 6.38. The number of benzene rings is 1. The van der Waals surface area contributed by atoms with Crippen LogP contribution in [0.5, 0.6) is 0 Å². The minimum Gasteiger partial charge on any atom is -0.353 e. The summed E-state index contributed by atoms with van der Waals surface area (Å²) in [6, 6.07) is 7.84. The molecule has 2 amide bonds. The van der Waals surface area contributed by atoms with Gasteiger partial charge in [0.05, 0.1) is 12.5 Å². The molecule has 2 rings (SSSR count). The maximum Gasteiger partial charge on any atom is 0.237 e. The van der Waals surface area contributed by atoms with Gasteiger partial charge in [0.1, 0.15) is 0 Å². The van der Waals surface area contributed by atoms with Crippen LogP contribution < -0.4 is 5.32 Å². The van der Waals surface area contributed by atoms with Crippen LogP contribution in [0.3, 0.4) is 0 Å². The normalized spacial score (nSPS) is 18.3. The Morgan fingerprint density at radius 2 is 2.08 bits per heavy atom. The van der Waals surface area contributed by atoms with Gasteiger partial charge in [-0.25, -0.2) is 0 Å². The number of nitrogens with zero attached hydrogens (tertiary/aromatic N) is 2. The van der Waals surface area contributed by atoms with Crippen LogP contribution >= 0.6 is 0 Å². The zero-order chi connectivity index (χ0) is 17.5. The number of hydrogen-bond donors (Lipinski definition) is 1. The molecule has 24 heavy (non-hydrogen) atoms. The Kier molecular flexibility index (Phi) is 6.79. The molecule has 1 aliphatic rings. The van der Waals surface area contributed by atoms with Gasteiger partial charge >= 0.3 is 0 Å². The fourth-order valence-corrected chi connectivity index (χ4v) is 3.20. The highest BCUT2D eigenvalue weighted by atomic mass is 16.2. The minimum absolute atomic E-state index is 0.0317. The molecule has 1 aromatic carbocycles. The fraction of sp³-hybridized carbons (Fsp3) is 0.579. The average Bonchev–Trinajstić information content (AvgIpc) is 2.57. The van der Waals surface area contributed by atoms with Crippen molar-refractivity contribution < 1.29 is 9.59 Å². The van der Waals surface area contributed by atoms with Crippen molar-refractivity contribution in [3.63, 3.8) is 0 Å². The van der Waals surface area contributed by atoms with Crippen LogP contribution in [0.25, 0.3) is 0 Å². The third-order valence-corrected chi connectivity index (χ3v) is 4.67. The van der Waals surface area contributed by atoms with Gasteiger partial charge in [-0.05, 0) is 31.4 Å². The molecule has 132 valence electrons. The summed E-state index contributed by atoms with van der Waals surface area (Å²) >= 11 is 0. The quantitative estimate of drug-likeness (QED) is 0.831. The number of carbonyl (C=O) groups excluding carboxylic acids is 2. The lowest BCUT2D eigenvalue weighted by atomic mass is 10.0. The summed E-state index contributed by atoms with van der Waals surface area (Å²) in [7, 11) is 0. The lowest BCUT2D eigenvalue weighted by molar-refractivity contribution is -0.139. The Morgan fingerprint density at radius 3 is 2.75 bits per heavy atom. The van der Waals surface area contributed by atoms with E-state index < -0.39 is 0 Å². The molecular weight excluding hydrogens is 302 g/mol. The highest BCUT2D eigenvalue weighted by Gasteiger charge is 2.32. The van der Waals surface area contributed by atoms with Crippen LogP contribution in [0, 0.1) is 6.92 Å². The Balaban J connectivity index is 2.10. The maximum absolute atomic E-state index is 12.6. The molecule has 0 unspecified atom stereocenters. The van der Waals surface area contributed by atoms with Crippen LogP contribution in [0.2, 0.25) is 0 Å². The molecule has 0 aliphatic carbocycles. The van der Waals surface area contributed by atoms with Crippen LogP contribution in [0.4, 0.5) is 0 Å². The fourth-order valence-electron chi connectivity index (χ4n) is 3.20. The second kappa shape index (κ2) is 8.83. The van der Waals surface area contributed by atoms with Gasteiger partial charge in [-0.3, -0.25) is 14.5 Å². The summed E-state index contributed by atoms with van der Waals surface area (Å²) in [6.45, 7) is 9.70. The third-order valence-electron chi connectivity index (χ3n) is 4.67. The van der Waals surface area contributed by atoms with Crippen molar-refractivity contribution in [1.82, 2.24) is 15.1 Å². The zero-order valence-corrected chi connectivity index (χ0v) is 15.0. The SMILES string of the molecule is CCCN(CC)C(=O)C[C@H]1C(=O)NCCN1Cc1ccccc1C. The third kappa shape index (κ3) is 4.57. The number of aryl methyl sites for hydroxylation is 1. The number of nitrogens with one attached hydrogen (secondary N) is 1. The summed E-state index contributed by atoms with van der Waals surface area (Å²) < 4.78 is 0. The predicted molar refractivity (Wildman–Crippen MR) is 95.5 cm³/mol. The van der Waals surface area contributed by atoms with Gasteiger partial charge in [0, 0.05) is 32.7 Å². The maximum atomic E-state index is 12.6. The molecule has 1 aliphatic heterocycles. The van der Waals surface area contributed by atoms with E-state index in [0.717, 1.165) is 19.5 Å². The molecule has 1 aromatic rings. The van der Waals surface area contributed by atoms with Crippen molar-refractivity contribution in [2.24, 2.45) is 0 Å². The van der Waals surface area contributed by atoms with Gasteiger partial charge in [0.25, 0.3) is 0 Å². The van der Waals surface area contributed by atoms with Crippen molar-refractivity contribution in [3.8, 4) is 0 Å². The first-order valence-corrected chi connectivity index (χ1v) is 8.90. The summed E-state index contributed by atoms with van der Waals surface area (Å²) in [5, 5.41) is 2.91. The average molecular weight is 331 g/mol. The van der Waals surface area contributed by atoms with Gasteiger partial charge in [0.2, 0.25) is 11.8 Å². The summed E-state index contributed by atoms with van der Waals surface area (Å²) in [5.41, 5.74) is 2.43. The number of rotatable bonds is 7. The number of carbonyl (C=O) groups is 2. The number of piperazine rings is 1. The first-order valence-electron chi connectivity index (χ1n) is 8.90. The molecule has 1 saturated heterocycles. The molecular formula is C19H29N3O2. The molecule has 1 N–H and O–H groups in total. The number of hydrogen-bond acceptors (Lipinski definition) is 3. The second-order valence-electron chi connectivity index (χ2n) is 6.38. The van der Waals surface area contributed by atoms with E-state index in [1.54, 1.807) is 0 Å². The molecule has 1 atom stereocenters. The van der Waals surface area contributed by atoms with Crippen LogP contribution in [0.1, 0.15) is 37.8 Å². The Labute approximate surface area is 145 Å². The molecule has 5 nitrogen and oxygen atoms in total. The van der Waals surface area contributed by atoms with Crippen molar-refractivity contribution in [1.29, 1.82) is 0 Å². The lowest BCUT2D eigenvalue weighted by Gasteiger charge is -2.36. The van der Waals surface area contributed by atoms with E-state index in [1.807, 2.05) is 24.0 Å². The first kappa shape index (κ1) is 18.5. The molecule has 0 aromatic heterocycles. The Hall–Kier alpha value is -1.88. The molecule has 5 heteroatoms. The van der Waals surface area contributed by atoms with Crippen LogP contribution in [-0.2, 0) is 16.1 Å². The van der Waals surface area contributed by atoms with E-state index >= 15 is 0 Å². The predicted octanol–water partition coefficient (Wildman–Crippen LogP) is 1.94. The van der Waals surface area contributed by atoms with E-state index in [9.17, 15) is 9.59 Å². The standard InChI is InChI=1S/C19H29N3O2/c1-4-11-21(5-2)18(23)13-17-19(24)20-10-12-22(17)14-16-9-7-6-8-15(16)3/h6-9,17H,4-5,10-14H2,1-3H3,(H,20,24)/t17-/m0/s1. The first-order chi connectivity index (χ1) is 11.6. The van der Waals surface area contributed by atoms with E-state index in [4.69, 9.17) is 0 Å². The van der Waals surface area contributed by atoms with E-state index in [-0.39, 0.29) is 24.3 Å². The largest absolute Gasteiger partial charge is 0.353 e. The molecule has 0 bridgehead atoms. The number of amides is 2. The zero-order valence-electron chi connectivity index (χ0n) is 15.0. The molecule has 0 saturated carbocycles. The van der Waals surface area contributed by atoms with E-state index in [2.05, 4.69) is 36.2 Å². The van der Waals surface area contributed by atoms with E-state index in [1.165, 1.54) is 11.1 Å². The Morgan fingerprint density at radius 1 is 1.33 bits per heavy atom. The Bertz CT molecular complexity index is 573. The van der Waals surface area contributed by atoms with Crippen molar-refractivity contribution in [2.75, 3.05) is 26.2 Å². The van der Waals surface area contributed by atoms with Crippen LogP contribution in [-0.4, -0.2) is 53.8 Å². The highest BCUT2D eigenvalue weighted by Crippen LogP contribution is 2.17. The van der Waals surface area contributed by atoms with Crippen LogP contribution in [0.15, 0.2) is 24.3 Å². The van der Waals surface area contributed by atoms with Gasteiger partial charge in [-0.2, -0.15) is 0 Å². The van der Waals surface area contributed by atoms with E-state index in [0.29, 0.717) is 19.6 Å². The summed E-state index contributed by atoms with van der Waals surface area (Å²) in [5.74, 6) is 0.0342. The van der Waals surface area contributed by atoms with Gasteiger partial charge in [-0.1, -0.05) is 31.2 Å². The molecule has 1 heterocycles. The van der Waals surface area contributed by atoms with Gasteiger partial charge in [-0.15, -0.1) is 0 Å². The van der Waals surface area contributed by atoms with Crippen molar-refractivity contribution in [3.05, 3.63) is 35.4 Å². The van der Waals surface area contributed by atoms with Crippen molar-refractivity contribution >= 4 is 11.8 Å². The van der Waals surface area contributed by atoms with Gasteiger partial charge < -0.3 is 10.2 Å².